The SMILES string of the molecule is O=C(NCCC/C=C/CO)OCc1ccccc1. The van der Waals surface area contributed by atoms with Crippen molar-refractivity contribution in [2.24, 2.45) is 0 Å². The van der Waals surface area contributed by atoms with Crippen LogP contribution in [-0.2, 0) is 11.3 Å². The fraction of sp³-hybridized carbons (Fsp3) is 0.357. The van der Waals surface area contributed by atoms with Gasteiger partial charge in [-0.15, -0.1) is 0 Å². The predicted octanol–water partition coefficient (Wildman–Crippen LogP) is 2.24. The Morgan fingerprint density at radius 2 is 2.06 bits per heavy atom. The number of nitrogens with one attached hydrogen (secondary N) is 1. The average molecular weight is 249 g/mol. The number of carbonyl (C=O) groups is 1. The van der Waals surface area contributed by atoms with Crippen LogP contribution in [0.25, 0.3) is 0 Å². The van der Waals surface area contributed by atoms with Crippen molar-refractivity contribution in [2.75, 3.05) is 13.2 Å². The summed E-state index contributed by atoms with van der Waals surface area (Å²) in [7, 11) is 0. The molecule has 18 heavy (non-hydrogen) atoms. The third kappa shape index (κ3) is 6.70. The van der Waals surface area contributed by atoms with Gasteiger partial charge in [-0.2, -0.15) is 0 Å². The highest BCUT2D eigenvalue weighted by molar-refractivity contribution is 5.67. The van der Waals surface area contributed by atoms with E-state index in [0.29, 0.717) is 6.54 Å². The number of unbranched alkanes of at least 4 members (excludes halogenated alkanes) is 1. The quantitative estimate of drug-likeness (QED) is 0.575. The Morgan fingerprint density at radius 3 is 2.78 bits per heavy atom. The van der Waals surface area contributed by atoms with Crippen molar-refractivity contribution >= 4 is 6.09 Å². The first-order chi connectivity index (χ1) is 8.83. The van der Waals surface area contributed by atoms with E-state index in [1.807, 2.05) is 36.4 Å². The Morgan fingerprint density at radius 1 is 1.28 bits per heavy atom. The number of hydrogen-bond donors (Lipinski definition) is 2. The molecule has 0 aliphatic heterocycles. The molecule has 0 aliphatic rings. The zero-order chi connectivity index (χ0) is 13.1. The molecule has 0 heterocycles. The molecule has 4 nitrogen and oxygen atoms in total. The van der Waals surface area contributed by atoms with Crippen molar-refractivity contribution in [3.8, 4) is 0 Å². The molecule has 1 aromatic rings. The van der Waals surface area contributed by atoms with E-state index >= 15 is 0 Å². The second-order valence-electron chi connectivity index (χ2n) is 3.78. The van der Waals surface area contributed by atoms with Crippen molar-refractivity contribution in [1.82, 2.24) is 5.32 Å². The topological polar surface area (TPSA) is 58.6 Å². The summed E-state index contributed by atoms with van der Waals surface area (Å²) >= 11 is 0. The summed E-state index contributed by atoms with van der Waals surface area (Å²) in [6, 6.07) is 9.55. The Bertz CT molecular complexity index is 363. The summed E-state index contributed by atoms with van der Waals surface area (Å²) in [6.45, 7) is 0.924. The molecule has 0 radical (unpaired) electrons. The van der Waals surface area contributed by atoms with Crippen molar-refractivity contribution in [3.05, 3.63) is 48.0 Å². The number of aliphatic hydroxyl groups is 1. The molecule has 0 saturated carbocycles. The lowest BCUT2D eigenvalue weighted by Gasteiger charge is -2.06. The molecular weight excluding hydrogens is 230 g/mol. The van der Waals surface area contributed by atoms with Crippen LogP contribution < -0.4 is 5.32 Å². The highest BCUT2D eigenvalue weighted by atomic mass is 16.5. The van der Waals surface area contributed by atoms with Gasteiger partial charge in [0.15, 0.2) is 0 Å². The zero-order valence-electron chi connectivity index (χ0n) is 10.3. The number of rotatable bonds is 7. The van der Waals surface area contributed by atoms with Crippen LogP contribution in [0.2, 0.25) is 0 Å². The summed E-state index contributed by atoms with van der Waals surface area (Å²) in [5, 5.41) is 11.2. The molecule has 0 aromatic heterocycles. The summed E-state index contributed by atoms with van der Waals surface area (Å²) in [5.41, 5.74) is 0.971. The molecule has 1 rings (SSSR count). The highest BCUT2D eigenvalue weighted by Gasteiger charge is 2.00. The zero-order valence-corrected chi connectivity index (χ0v) is 10.3. The lowest BCUT2D eigenvalue weighted by atomic mass is 10.2. The Kier molecular flexibility index (Phi) is 7.32. The summed E-state index contributed by atoms with van der Waals surface area (Å²) < 4.78 is 5.05. The molecular formula is C14H19NO3. The van der Waals surface area contributed by atoms with E-state index in [-0.39, 0.29) is 13.2 Å². The fourth-order valence-electron chi connectivity index (χ4n) is 1.38. The molecule has 0 atom stereocenters. The molecule has 0 unspecified atom stereocenters. The van der Waals surface area contributed by atoms with Crippen molar-refractivity contribution in [3.63, 3.8) is 0 Å². The van der Waals surface area contributed by atoms with Gasteiger partial charge in [0.05, 0.1) is 6.61 Å². The Balaban J connectivity index is 2.06. The minimum absolute atomic E-state index is 0.0620. The van der Waals surface area contributed by atoms with E-state index in [9.17, 15) is 4.79 Å². The van der Waals surface area contributed by atoms with E-state index in [2.05, 4.69) is 5.32 Å². The average Bonchev–Trinajstić information content (AvgIpc) is 2.41. The molecule has 98 valence electrons. The summed E-state index contributed by atoms with van der Waals surface area (Å²) in [4.78, 5) is 11.3. The van der Waals surface area contributed by atoms with Gasteiger partial charge in [-0.3, -0.25) is 0 Å². The van der Waals surface area contributed by atoms with Gasteiger partial charge in [-0.05, 0) is 18.4 Å². The van der Waals surface area contributed by atoms with Gasteiger partial charge in [-0.25, -0.2) is 4.79 Å². The van der Waals surface area contributed by atoms with Crippen LogP contribution in [0.15, 0.2) is 42.5 Å². The number of carbonyl (C=O) groups excluding carboxylic acids is 1. The molecule has 0 fully saturated rings. The minimum atomic E-state index is -0.398. The number of hydrogen-bond acceptors (Lipinski definition) is 3. The molecule has 2 N–H and O–H groups in total. The number of benzene rings is 1. The van der Waals surface area contributed by atoms with Crippen LogP contribution in [0.4, 0.5) is 4.79 Å². The van der Waals surface area contributed by atoms with Crippen LogP contribution in [0, 0.1) is 0 Å². The second kappa shape index (κ2) is 9.24. The van der Waals surface area contributed by atoms with Crippen LogP contribution >= 0.6 is 0 Å². The maximum absolute atomic E-state index is 11.3. The molecule has 0 spiro atoms. The lowest BCUT2D eigenvalue weighted by Crippen LogP contribution is -2.25. The van der Waals surface area contributed by atoms with Gasteiger partial charge in [0, 0.05) is 6.54 Å². The van der Waals surface area contributed by atoms with Gasteiger partial charge in [0.1, 0.15) is 6.61 Å². The third-order valence-electron chi connectivity index (χ3n) is 2.30. The van der Waals surface area contributed by atoms with Crippen LogP contribution in [0.3, 0.4) is 0 Å². The smallest absolute Gasteiger partial charge is 0.407 e. The molecule has 1 amide bonds. The number of amides is 1. The summed E-state index contributed by atoms with van der Waals surface area (Å²) in [5.74, 6) is 0. The molecule has 1 aromatic carbocycles. The van der Waals surface area contributed by atoms with Crippen molar-refractivity contribution in [2.45, 2.75) is 19.4 Å². The van der Waals surface area contributed by atoms with Gasteiger partial charge < -0.3 is 15.2 Å². The van der Waals surface area contributed by atoms with Gasteiger partial charge in [-0.1, -0.05) is 42.5 Å². The van der Waals surface area contributed by atoms with Gasteiger partial charge in [0.25, 0.3) is 0 Å². The monoisotopic (exact) mass is 249 g/mol. The van der Waals surface area contributed by atoms with E-state index in [1.165, 1.54) is 0 Å². The number of allylic oxidation sites excluding steroid dienone is 1. The van der Waals surface area contributed by atoms with Crippen molar-refractivity contribution < 1.29 is 14.6 Å². The predicted molar refractivity (Wildman–Crippen MR) is 70.1 cm³/mol. The second-order valence-corrected chi connectivity index (χ2v) is 3.78. The first-order valence-electron chi connectivity index (χ1n) is 6.03. The van der Waals surface area contributed by atoms with Crippen molar-refractivity contribution in [1.29, 1.82) is 0 Å². The van der Waals surface area contributed by atoms with Crippen LogP contribution in [0.1, 0.15) is 18.4 Å². The van der Waals surface area contributed by atoms with E-state index in [4.69, 9.17) is 9.84 Å². The lowest BCUT2D eigenvalue weighted by molar-refractivity contribution is 0.139. The van der Waals surface area contributed by atoms with Crippen LogP contribution in [0.5, 0.6) is 0 Å². The molecule has 0 saturated heterocycles. The maximum Gasteiger partial charge on any atom is 0.407 e. The standard InChI is InChI=1S/C14H19NO3/c16-11-7-2-1-6-10-15-14(17)18-12-13-8-4-3-5-9-13/h2-5,7-9,16H,1,6,10-12H2,(H,15,17)/b7-2+. The molecule has 0 bridgehead atoms. The first kappa shape index (κ1) is 14.3. The summed E-state index contributed by atoms with van der Waals surface area (Å²) in [6.07, 6.45) is 4.84. The number of alkyl carbamates (subject to hydrolysis) is 1. The van der Waals surface area contributed by atoms with E-state index in [0.717, 1.165) is 18.4 Å². The Labute approximate surface area is 107 Å². The minimum Gasteiger partial charge on any atom is -0.445 e. The molecule has 0 aliphatic carbocycles. The fourth-order valence-corrected chi connectivity index (χ4v) is 1.38. The number of aliphatic hydroxyl groups excluding tert-OH is 1. The normalized spacial score (nSPS) is 10.5. The van der Waals surface area contributed by atoms with E-state index in [1.54, 1.807) is 6.08 Å². The maximum atomic E-state index is 11.3. The van der Waals surface area contributed by atoms with Crippen LogP contribution in [-0.4, -0.2) is 24.4 Å². The third-order valence-corrected chi connectivity index (χ3v) is 2.30. The Hall–Kier alpha value is -1.81. The van der Waals surface area contributed by atoms with E-state index < -0.39 is 6.09 Å². The van der Waals surface area contributed by atoms with Gasteiger partial charge in [0.2, 0.25) is 0 Å². The number of ether oxygens (including phenoxy) is 1. The largest absolute Gasteiger partial charge is 0.445 e. The first-order valence-corrected chi connectivity index (χ1v) is 6.03. The van der Waals surface area contributed by atoms with Gasteiger partial charge >= 0.3 is 6.09 Å². The molecule has 4 heteroatoms. The highest BCUT2D eigenvalue weighted by Crippen LogP contribution is 2.00.